The zero-order valence-electron chi connectivity index (χ0n) is 24.0. The highest BCUT2D eigenvalue weighted by Crippen LogP contribution is 2.38. The maximum atomic E-state index is 15.3. The van der Waals surface area contributed by atoms with Gasteiger partial charge in [-0.05, 0) is 44.3 Å². The zero-order chi connectivity index (χ0) is 28.7. The Bertz CT molecular complexity index is 1470. The molecule has 2 amide bonds. The summed E-state index contributed by atoms with van der Waals surface area (Å²) >= 11 is 0. The highest BCUT2D eigenvalue weighted by molar-refractivity contribution is 5.85. The summed E-state index contributed by atoms with van der Waals surface area (Å²) in [5.74, 6) is -0.363. The number of amides is 2. The molecule has 214 valence electrons. The van der Waals surface area contributed by atoms with E-state index in [-0.39, 0.29) is 18.4 Å². The van der Waals surface area contributed by atoms with Crippen LogP contribution in [0.1, 0.15) is 29.2 Å². The molecule has 0 saturated heterocycles. The van der Waals surface area contributed by atoms with Crippen molar-refractivity contribution in [3.8, 4) is 0 Å². The average Bonchev–Trinajstić information content (AvgIpc) is 3.65. The van der Waals surface area contributed by atoms with Gasteiger partial charge in [0.15, 0.2) is 5.66 Å². The van der Waals surface area contributed by atoms with Gasteiger partial charge in [-0.2, -0.15) is 0 Å². The molecule has 41 heavy (non-hydrogen) atoms. The van der Waals surface area contributed by atoms with Gasteiger partial charge in [0.25, 0.3) is 0 Å². The van der Waals surface area contributed by atoms with Gasteiger partial charge in [-0.25, -0.2) is 19.2 Å². The maximum absolute atomic E-state index is 15.3. The maximum Gasteiger partial charge on any atom is 0.318 e. The van der Waals surface area contributed by atoms with Gasteiger partial charge >= 0.3 is 6.03 Å². The van der Waals surface area contributed by atoms with Crippen molar-refractivity contribution in [3.63, 3.8) is 0 Å². The Labute approximate surface area is 240 Å². The molecular weight excluding hydrogens is 519 g/mol. The summed E-state index contributed by atoms with van der Waals surface area (Å²) in [4.78, 5) is 21.4. The van der Waals surface area contributed by atoms with Crippen LogP contribution in [0.3, 0.4) is 0 Å². The van der Waals surface area contributed by atoms with Crippen molar-refractivity contribution < 1.29 is 9.18 Å². The number of aliphatic imine (C=N–C) groups is 1. The van der Waals surface area contributed by atoms with Crippen LogP contribution in [-0.4, -0.2) is 78.6 Å². The fourth-order valence-corrected chi connectivity index (χ4v) is 5.74. The SMILES string of the molecule is CN(C)CCN1C=C(C2=CC3=C(c4ccc(CNC(=O)N5Cc6ccccc6C5)c(F)c4)NC=NC3(C)N2)CN1C. The Morgan fingerprint density at radius 3 is 2.61 bits per heavy atom. The van der Waals surface area contributed by atoms with Gasteiger partial charge in [-0.15, -0.1) is 0 Å². The smallest absolute Gasteiger partial charge is 0.318 e. The molecule has 2 aromatic carbocycles. The summed E-state index contributed by atoms with van der Waals surface area (Å²) in [5, 5.41) is 14.2. The molecule has 1 unspecified atom stereocenters. The average molecular weight is 557 g/mol. The van der Waals surface area contributed by atoms with Gasteiger partial charge < -0.3 is 30.8 Å². The van der Waals surface area contributed by atoms with Crippen LogP contribution in [-0.2, 0) is 19.6 Å². The number of hydrogen-bond acceptors (Lipinski definition) is 7. The van der Waals surface area contributed by atoms with Crippen LogP contribution >= 0.6 is 0 Å². The Hall–Kier alpha value is -4.15. The quantitative estimate of drug-likeness (QED) is 0.486. The second kappa shape index (κ2) is 10.7. The molecule has 10 heteroatoms. The normalized spacial score (nSPS) is 21.5. The molecule has 9 nitrogen and oxygen atoms in total. The van der Waals surface area contributed by atoms with Crippen molar-refractivity contribution in [2.45, 2.75) is 32.2 Å². The lowest BCUT2D eigenvalue weighted by Crippen LogP contribution is -2.41. The van der Waals surface area contributed by atoms with E-state index < -0.39 is 5.66 Å². The van der Waals surface area contributed by atoms with E-state index in [0.29, 0.717) is 18.7 Å². The number of carbonyl (C=O) groups excluding carboxylic acids is 1. The highest BCUT2D eigenvalue weighted by atomic mass is 19.1. The number of nitrogens with one attached hydrogen (secondary N) is 3. The summed E-state index contributed by atoms with van der Waals surface area (Å²) in [5.41, 5.74) is 6.79. The number of hydrogen-bond donors (Lipinski definition) is 3. The van der Waals surface area contributed by atoms with Crippen LogP contribution in [0.2, 0.25) is 0 Å². The molecule has 0 spiro atoms. The van der Waals surface area contributed by atoms with Crippen LogP contribution in [0.25, 0.3) is 5.70 Å². The van der Waals surface area contributed by atoms with Gasteiger partial charge in [0.2, 0.25) is 0 Å². The first kappa shape index (κ1) is 27.0. The van der Waals surface area contributed by atoms with Crippen LogP contribution in [0.15, 0.2) is 76.6 Å². The number of fused-ring (bicyclic) bond motifs is 2. The lowest BCUT2D eigenvalue weighted by Gasteiger charge is -2.29. The van der Waals surface area contributed by atoms with Crippen molar-refractivity contribution in [2.75, 3.05) is 40.8 Å². The summed E-state index contributed by atoms with van der Waals surface area (Å²) in [6.07, 6.45) is 5.97. The van der Waals surface area contributed by atoms with Crippen LogP contribution in [0.4, 0.5) is 9.18 Å². The summed E-state index contributed by atoms with van der Waals surface area (Å²) in [6.45, 7) is 5.94. The summed E-state index contributed by atoms with van der Waals surface area (Å²) in [6, 6.07) is 13.0. The molecule has 2 aromatic rings. The van der Waals surface area contributed by atoms with E-state index in [1.807, 2.05) is 37.3 Å². The van der Waals surface area contributed by atoms with E-state index in [1.54, 1.807) is 17.3 Å². The number of rotatable bonds is 7. The predicted octanol–water partition coefficient (Wildman–Crippen LogP) is 3.20. The third-order valence-corrected chi connectivity index (χ3v) is 8.16. The number of urea groups is 1. The van der Waals surface area contributed by atoms with Gasteiger partial charge in [0.05, 0.1) is 12.0 Å². The molecule has 6 rings (SSSR count). The van der Waals surface area contributed by atoms with Crippen LogP contribution in [0.5, 0.6) is 0 Å². The van der Waals surface area contributed by atoms with E-state index in [0.717, 1.165) is 53.3 Å². The molecule has 3 N–H and O–H groups in total. The molecule has 0 saturated carbocycles. The Balaban J connectivity index is 1.17. The number of hydrazine groups is 1. The van der Waals surface area contributed by atoms with Crippen molar-refractivity contribution in [2.24, 2.45) is 4.99 Å². The third kappa shape index (κ3) is 5.32. The largest absolute Gasteiger partial charge is 0.357 e. The van der Waals surface area contributed by atoms with Gasteiger partial charge in [-0.1, -0.05) is 36.4 Å². The summed E-state index contributed by atoms with van der Waals surface area (Å²) < 4.78 is 15.3. The first-order valence-electron chi connectivity index (χ1n) is 14.0. The topological polar surface area (TPSA) is 78.5 Å². The lowest BCUT2D eigenvalue weighted by atomic mass is 9.96. The fraction of sp³-hybridized carbons (Fsp3) is 0.355. The van der Waals surface area contributed by atoms with Crippen LogP contribution < -0.4 is 16.0 Å². The van der Waals surface area contributed by atoms with E-state index >= 15 is 4.39 Å². The fourth-order valence-electron chi connectivity index (χ4n) is 5.74. The third-order valence-electron chi connectivity index (χ3n) is 8.16. The molecule has 4 heterocycles. The molecule has 0 radical (unpaired) electrons. The Kier molecular flexibility index (Phi) is 7.04. The number of carbonyl (C=O) groups is 1. The molecular formula is C31H37FN8O. The molecule has 0 aliphatic carbocycles. The Morgan fingerprint density at radius 2 is 1.90 bits per heavy atom. The highest BCUT2D eigenvalue weighted by Gasteiger charge is 2.39. The molecule has 0 fully saturated rings. The van der Waals surface area contributed by atoms with E-state index in [2.05, 4.69) is 64.3 Å². The Morgan fingerprint density at radius 1 is 1.15 bits per heavy atom. The number of nitrogens with zero attached hydrogens (tertiary/aromatic N) is 5. The molecule has 0 bridgehead atoms. The first-order chi connectivity index (χ1) is 19.7. The second-order valence-electron chi connectivity index (χ2n) is 11.5. The minimum atomic E-state index is -0.650. The minimum Gasteiger partial charge on any atom is -0.357 e. The first-order valence-corrected chi connectivity index (χ1v) is 14.0. The second-order valence-corrected chi connectivity index (χ2v) is 11.5. The predicted molar refractivity (Wildman–Crippen MR) is 158 cm³/mol. The summed E-state index contributed by atoms with van der Waals surface area (Å²) in [7, 11) is 6.24. The molecule has 4 aliphatic rings. The lowest BCUT2D eigenvalue weighted by molar-refractivity contribution is 0.0761. The van der Waals surface area contributed by atoms with Crippen molar-refractivity contribution in [1.29, 1.82) is 0 Å². The minimum absolute atomic E-state index is 0.119. The van der Waals surface area contributed by atoms with Crippen molar-refractivity contribution in [1.82, 2.24) is 35.8 Å². The van der Waals surface area contributed by atoms with Gasteiger partial charge in [0.1, 0.15) is 5.82 Å². The van der Waals surface area contributed by atoms with Crippen LogP contribution in [0, 0.1) is 5.82 Å². The van der Waals surface area contributed by atoms with E-state index in [1.165, 1.54) is 11.6 Å². The van der Waals surface area contributed by atoms with Crippen molar-refractivity contribution in [3.05, 3.63) is 99.7 Å². The standard InChI is InChI=1S/C31H37FN8O/c1-31-26(14-28(36-31)25-16-38(4)40(19-25)12-11-37(2)3)29(34-20-35-31)21-9-10-22(27(32)13-21)15-33-30(41)39-17-23-7-5-6-8-24(23)18-39/h5-10,13-14,19-20,36H,11-12,15-18H2,1-4H3,(H,33,41)(H,34,35). The monoisotopic (exact) mass is 556 g/mol. The van der Waals surface area contributed by atoms with Crippen molar-refractivity contribution >= 4 is 18.1 Å². The van der Waals surface area contributed by atoms with Gasteiger partial charge in [0, 0.05) is 80.5 Å². The van der Waals surface area contributed by atoms with E-state index in [4.69, 9.17) is 4.99 Å². The molecule has 4 aliphatic heterocycles. The number of halogens is 1. The van der Waals surface area contributed by atoms with E-state index in [9.17, 15) is 4.79 Å². The molecule has 0 aromatic heterocycles. The number of benzene rings is 2. The number of likely N-dealkylation sites (N-methyl/N-ethyl adjacent to an activating group) is 2. The molecule has 1 atom stereocenters. The zero-order valence-corrected chi connectivity index (χ0v) is 24.0. The van der Waals surface area contributed by atoms with Gasteiger partial charge in [-0.3, -0.25) is 0 Å².